The normalized spacial score (nSPS) is 21.2. The Labute approximate surface area is 202 Å². The summed E-state index contributed by atoms with van der Waals surface area (Å²) in [7, 11) is 0. The van der Waals surface area contributed by atoms with Gasteiger partial charge < -0.3 is 15.1 Å². The summed E-state index contributed by atoms with van der Waals surface area (Å²) in [5, 5.41) is 7.47. The van der Waals surface area contributed by atoms with Crippen molar-refractivity contribution in [1.29, 1.82) is 0 Å². The van der Waals surface area contributed by atoms with E-state index in [0.717, 1.165) is 37.7 Å². The van der Waals surface area contributed by atoms with E-state index in [9.17, 15) is 9.59 Å². The lowest BCUT2D eigenvalue weighted by Gasteiger charge is -2.34. The molecule has 0 bridgehead atoms. The number of benzene rings is 2. The van der Waals surface area contributed by atoms with Crippen molar-refractivity contribution in [2.24, 2.45) is 5.92 Å². The molecule has 2 aliphatic heterocycles. The monoisotopic (exact) mass is 485 g/mol. The molecule has 8 heteroatoms. The number of likely N-dealkylation sites (tertiary alicyclic amines) is 1. The van der Waals surface area contributed by atoms with Crippen LogP contribution in [0.2, 0.25) is 10.0 Å². The van der Waals surface area contributed by atoms with Gasteiger partial charge in [0, 0.05) is 16.0 Å². The highest BCUT2D eigenvalue weighted by atomic mass is 35.5. The number of nitrogens with one attached hydrogen (secondary N) is 2. The summed E-state index contributed by atoms with van der Waals surface area (Å²) in [5.41, 5.74) is 0.824. The quantitative estimate of drug-likeness (QED) is 0.522. The van der Waals surface area contributed by atoms with Crippen LogP contribution in [0.1, 0.15) is 37.3 Å². The predicted molar refractivity (Wildman–Crippen MR) is 130 cm³/mol. The van der Waals surface area contributed by atoms with Gasteiger partial charge in [-0.05, 0) is 67.7 Å². The van der Waals surface area contributed by atoms with Gasteiger partial charge in [0.1, 0.15) is 5.58 Å². The van der Waals surface area contributed by atoms with Crippen molar-refractivity contribution < 1.29 is 14.0 Å². The number of hydrogen-bond donors (Lipinski definition) is 2. The lowest BCUT2D eigenvalue weighted by atomic mass is 9.83. The lowest BCUT2D eigenvalue weighted by Crippen LogP contribution is -2.54. The number of amides is 2. The molecule has 2 amide bonds. The molecule has 33 heavy (non-hydrogen) atoms. The van der Waals surface area contributed by atoms with Crippen molar-refractivity contribution in [2.45, 2.75) is 31.7 Å². The summed E-state index contributed by atoms with van der Waals surface area (Å²) < 4.78 is 5.47. The Morgan fingerprint density at radius 3 is 2.76 bits per heavy atom. The van der Waals surface area contributed by atoms with Gasteiger partial charge in [-0.3, -0.25) is 14.5 Å². The highest BCUT2D eigenvalue weighted by molar-refractivity contribution is 6.37. The summed E-state index contributed by atoms with van der Waals surface area (Å²) in [4.78, 5) is 29.0. The molecule has 3 aromatic rings. The number of hydrogen-bond acceptors (Lipinski definition) is 4. The second-order valence-electron chi connectivity index (χ2n) is 8.86. The van der Waals surface area contributed by atoms with Gasteiger partial charge in [0.15, 0.2) is 5.54 Å². The van der Waals surface area contributed by atoms with Crippen molar-refractivity contribution in [3.63, 3.8) is 0 Å². The van der Waals surface area contributed by atoms with Crippen LogP contribution >= 0.6 is 23.2 Å². The summed E-state index contributed by atoms with van der Waals surface area (Å²) in [6.45, 7) is 4.18. The Hall–Kier alpha value is -2.54. The molecular weight excluding hydrogens is 461 g/mol. The number of piperidine rings is 1. The van der Waals surface area contributed by atoms with Crippen LogP contribution in [-0.4, -0.2) is 36.3 Å². The summed E-state index contributed by atoms with van der Waals surface area (Å²) >= 11 is 12.8. The smallest absolute Gasteiger partial charge is 0.259 e. The number of anilines is 1. The Balaban J connectivity index is 1.54. The number of nitrogens with zero attached hydrogens (tertiary/aromatic N) is 1. The third-order valence-corrected chi connectivity index (χ3v) is 7.40. The van der Waals surface area contributed by atoms with E-state index >= 15 is 0 Å². The average Bonchev–Trinajstić information content (AvgIpc) is 3.36. The van der Waals surface area contributed by atoms with Gasteiger partial charge in [-0.1, -0.05) is 42.6 Å². The maximum atomic E-state index is 13.5. The molecule has 0 saturated carbocycles. The highest BCUT2D eigenvalue weighted by Crippen LogP contribution is 2.46. The minimum atomic E-state index is -1.47. The van der Waals surface area contributed by atoms with Gasteiger partial charge in [-0.25, -0.2) is 0 Å². The summed E-state index contributed by atoms with van der Waals surface area (Å²) in [6.07, 6.45) is 4.92. The maximum absolute atomic E-state index is 13.5. The first kappa shape index (κ1) is 22.3. The minimum absolute atomic E-state index is 0.222. The molecule has 0 spiro atoms. The second kappa shape index (κ2) is 8.67. The van der Waals surface area contributed by atoms with Gasteiger partial charge in [0.2, 0.25) is 5.91 Å². The van der Waals surface area contributed by atoms with Gasteiger partial charge in [-0.15, -0.1) is 0 Å². The number of furan rings is 1. The molecule has 0 radical (unpaired) electrons. The van der Waals surface area contributed by atoms with E-state index in [4.69, 9.17) is 27.6 Å². The SMILES string of the molecule is CCC1CCN(CC(=O)NC2(c3ccc4occc4c3)C(=O)Nc3cc(Cl)cc(Cl)c32)CC1. The first-order valence-electron chi connectivity index (χ1n) is 11.2. The van der Waals surface area contributed by atoms with E-state index in [1.807, 2.05) is 12.1 Å². The Bertz CT molecular complexity index is 1230. The number of fused-ring (bicyclic) bond motifs is 2. The van der Waals surface area contributed by atoms with E-state index in [0.29, 0.717) is 38.4 Å². The fraction of sp³-hybridized carbons (Fsp3) is 0.360. The number of halogens is 2. The zero-order valence-corrected chi connectivity index (χ0v) is 19.8. The molecule has 2 aromatic carbocycles. The van der Waals surface area contributed by atoms with E-state index < -0.39 is 5.54 Å². The zero-order valence-electron chi connectivity index (χ0n) is 18.3. The molecule has 172 valence electrons. The third kappa shape index (κ3) is 3.90. The fourth-order valence-electron chi connectivity index (χ4n) is 5.05. The minimum Gasteiger partial charge on any atom is -0.464 e. The topological polar surface area (TPSA) is 74.6 Å². The van der Waals surface area contributed by atoms with Crippen LogP contribution in [0.15, 0.2) is 47.1 Å². The Kier molecular flexibility index (Phi) is 5.85. The molecule has 6 nitrogen and oxygen atoms in total. The van der Waals surface area contributed by atoms with Crippen molar-refractivity contribution in [3.05, 3.63) is 63.8 Å². The van der Waals surface area contributed by atoms with E-state index in [1.54, 1.807) is 30.5 Å². The Morgan fingerprint density at radius 2 is 2.00 bits per heavy atom. The molecule has 3 heterocycles. The summed E-state index contributed by atoms with van der Waals surface area (Å²) in [6, 6.07) is 10.5. The Morgan fingerprint density at radius 1 is 1.21 bits per heavy atom. The number of rotatable bonds is 5. The van der Waals surface area contributed by atoms with Crippen molar-refractivity contribution >= 4 is 51.7 Å². The van der Waals surface area contributed by atoms with Crippen molar-refractivity contribution in [1.82, 2.24) is 10.2 Å². The highest BCUT2D eigenvalue weighted by Gasteiger charge is 2.51. The van der Waals surface area contributed by atoms with Gasteiger partial charge >= 0.3 is 0 Å². The fourth-order valence-corrected chi connectivity index (χ4v) is 5.69. The summed E-state index contributed by atoms with van der Waals surface area (Å²) in [5.74, 6) is 0.113. The predicted octanol–water partition coefficient (Wildman–Crippen LogP) is 5.17. The molecule has 0 aliphatic carbocycles. The molecule has 5 rings (SSSR count). The number of carbonyl (C=O) groups excluding carboxylic acids is 2. The second-order valence-corrected chi connectivity index (χ2v) is 9.71. The molecule has 1 saturated heterocycles. The first-order valence-corrected chi connectivity index (χ1v) is 12.0. The molecular formula is C25H25Cl2N3O3. The molecule has 1 fully saturated rings. The molecule has 1 aromatic heterocycles. The van der Waals surface area contributed by atoms with Gasteiger partial charge in [-0.2, -0.15) is 0 Å². The molecule has 2 aliphatic rings. The van der Waals surface area contributed by atoms with Crippen LogP contribution in [0.3, 0.4) is 0 Å². The lowest BCUT2D eigenvalue weighted by molar-refractivity contribution is -0.129. The van der Waals surface area contributed by atoms with E-state index in [1.165, 1.54) is 0 Å². The van der Waals surface area contributed by atoms with Crippen LogP contribution < -0.4 is 10.6 Å². The van der Waals surface area contributed by atoms with Gasteiger partial charge in [0.05, 0.1) is 23.5 Å². The van der Waals surface area contributed by atoms with E-state index in [2.05, 4.69) is 22.5 Å². The molecule has 2 N–H and O–H groups in total. The first-order chi connectivity index (χ1) is 15.9. The van der Waals surface area contributed by atoms with Crippen LogP contribution in [0.4, 0.5) is 5.69 Å². The standard InChI is InChI=1S/C25H25Cl2N3O3/c1-2-15-5-8-30(9-6-15)14-22(31)29-25(17-3-4-21-16(11-17)7-10-33-21)23-19(27)12-18(26)13-20(23)28-24(25)32/h3-4,7,10-13,15H,2,5-6,8-9,14H2,1H3,(H,28,32)(H,29,31). The van der Waals surface area contributed by atoms with Crippen molar-refractivity contribution in [3.8, 4) is 0 Å². The number of carbonyl (C=O) groups is 2. The van der Waals surface area contributed by atoms with Crippen LogP contribution in [0.25, 0.3) is 11.0 Å². The van der Waals surface area contributed by atoms with Gasteiger partial charge in [0.25, 0.3) is 5.91 Å². The van der Waals surface area contributed by atoms with Crippen LogP contribution in [-0.2, 0) is 15.1 Å². The third-order valence-electron chi connectivity index (χ3n) is 6.88. The van der Waals surface area contributed by atoms with E-state index in [-0.39, 0.29) is 18.4 Å². The maximum Gasteiger partial charge on any atom is 0.259 e. The van der Waals surface area contributed by atoms with Crippen molar-refractivity contribution in [2.75, 3.05) is 25.0 Å². The largest absolute Gasteiger partial charge is 0.464 e. The molecule has 1 atom stereocenters. The zero-order chi connectivity index (χ0) is 23.2. The van der Waals surface area contributed by atoms with Crippen LogP contribution in [0, 0.1) is 5.92 Å². The average molecular weight is 486 g/mol. The molecule has 1 unspecified atom stereocenters. The van der Waals surface area contributed by atoms with Crippen LogP contribution in [0.5, 0.6) is 0 Å².